The second-order valence-corrected chi connectivity index (χ2v) is 12.6. The Bertz CT molecular complexity index is 1970. The van der Waals surface area contributed by atoms with Gasteiger partial charge in [-0.2, -0.15) is 0 Å². The van der Waals surface area contributed by atoms with E-state index in [2.05, 4.69) is 21.3 Å². The fourth-order valence-electron chi connectivity index (χ4n) is 4.64. The van der Waals surface area contributed by atoms with Crippen LogP contribution in [0.4, 0.5) is 17.1 Å². The molecule has 0 spiro atoms. The molecule has 246 valence electrons. The van der Waals surface area contributed by atoms with Gasteiger partial charge in [-0.05, 0) is 84.4 Å². The highest BCUT2D eigenvalue weighted by Gasteiger charge is 2.23. The number of thioether (sulfide) groups is 1. The van der Waals surface area contributed by atoms with Crippen LogP contribution in [0.2, 0.25) is 10.0 Å². The Balaban J connectivity index is 1.33. The topological polar surface area (TPSA) is 116 Å². The largest absolute Gasteiger partial charge is 0.326 e. The smallest absolute Gasteiger partial charge is 0.272 e. The van der Waals surface area contributed by atoms with Gasteiger partial charge in [0.2, 0.25) is 11.8 Å². The van der Waals surface area contributed by atoms with Crippen molar-refractivity contribution in [3.05, 3.63) is 160 Å². The van der Waals surface area contributed by atoms with Crippen molar-refractivity contribution < 1.29 is 19.2 Å². The molecule has 0 aliphatic rings. The maximum atomic E-state index is 13.5. The molecule has 0 fully saturated rings. The molecule has 4 N–H and O–H groups in total. The summed E-state index contributed by atoms with van der Waals surface area (Å²) in [6, 6.07) is 36.7. The number of carbonyl (C=O) groups is 4. The SMILES string of the molecule is CC(=O)Nc1ccc(NC(=O)C(Sc2ccc(NC(=O)/C(=C/c3c(Cl)cccc3Cl)NC(=O)c3ccccc3)cc2)c2ccccc2)cc1. The van der Waals surface area contributed by atoms with Crippen LogP contribution in [0.25, 0.3) is 6.08 Å². The number of carbonyl (C=O) groups excluding carboxylic acids is 4. The van der Waals surface area contributed by atoms with Crippen LogP contribution < -0.4 is 21.3 Å². The Hall–Kier alpha value is -5.35. The van der Waals surface area contributed by atoms with Crippen molar-refractivity contribution >= 4 is 81.7 Å². The zero-order valence-corrected chi connectivity index (χ0v) is 28.4. The summed E-state index contributed by atoms with van der Waals surface area (Å²) < 4.78 is 0. The fraction of sp³-hybridized carbons (Fsp3) is 0.0526. The number of anilines is 3. The fourth-order valence-corrected chi connectivity index (χ4v) is 6.17. The molecular formula is C38H30Cl2N4O4S. The number of rotatable bonds is 11. The molecule has 0 saturated carbocycles. The molecule has 0 aromatic heterocycles. The molecule has 0 radical (unpaired) electrons. The third-order valence-electron chi connectivity index (χ3n) is 7.00. The molecular weight excluding hydrogens is 679 g/mol. The summed E-state index contributed by atoms with van der Waals surface area (Å²) in [6.07, 6.45) is 1.43. The number of amides is 4. The molecule has 1 unspecified atom stereocenters. The number of nitrogens with one attached hydrogen (secondary N) is 4. The van der Waals surface area contributed by atoms with Crippen LogP contribution in [0.3, 0.4) is 0 Å². The van der Waals surface area contributed by atoms with Gasteiger partial charge in [0.1, 0.15) is 10.9 Å². The Kier molecular flexibility index (Phi) is 11.9. The zero-order valence-electron chi connectivity index (χ0n) is 26.1. The average molecular weight is 710 g/mol. The molecule has 5 aromatic rings. The third kappa shape index (κ3) is 9.84. The van der Waals surface area contributed by atoms with Gasteiger partial charge in [0.25, 0.3) is 11.8 Å². The minimum atomic E-state index is -0.597. The quantitative estimate of drug-likeness (QED) is 0.0808. The minimum Gasteiger partial charge on any atom is -0.326 e. The van der Waals surface area contributed by atoms with Crippen LogP contribution in [-0.4, -0.2) is 23.6 Å². The van der Waals surface area contributed by atoms with Crippen molar-refractivity contribution in [2.24, 2.45) is 0 Å². The van der Waals surface area contributed by atoms with E-state index in [0.717, 1.165) is 10.5 Å². The summed E-state index contributed by atoms with van der Waals surface area (Å²) in [5.74, 6) is -1.49. The second-order valence-electron chi connectivity index (χ2n) is 10.6. The van der Waals surface area contributed by atoms with Crippen LogP contribution in [0, 0.1) is 0 Å². The van der Waals surface area contributed by atoms with E-state index < -0.39 is 17.1 Å². The number of hydrogen-bond donors (Lipinski definition) is 4. The van der Waals surface area contributed by atoms with E-state index in [1.165, 1.54) is 24.8 Å². The Labute approximate surface area is 297 Å². The Morgan fingerprint density at radius 2 is 1.16 bits per heavy atom. The van der Waals surface area contributed by atoms with Crippen molar-refractivity contribution in [3.8, 4) is 0 Å². The van der Waals surface area contributed by atoms with E-state index in [9.17, 15) is 19.2 Å². The zero-order chi connectivity index (χ0) is 34.8. The van der Waals surface area contributed by atoms with Crippen molar-refractivity contribution in [2.75, 3.05) is 16.0 Å². The summed E-state index contributed by atoms with van der Waals surface area (Å²) in [7, 11) is 0. The molecule has 0 heterocycles. The molecule has 4 amide bonds. The third-order valence-corrected chi connectivity index (χ3v) is 8.92. The molecule has 5 rings (SSSR count). The number of halogens is 2. The molecule has 5 aromatic carbocycles. The van der Waals surface area contributed by atoms with E-state index >= 15 is 0 Å². The highest BCUT2D eigenvalue weighted by molar-refractivity contribution is 8.00. The lowest BCUT2D eigenvalue weighted by Gasteiger charge is -2.18. The van der Waals surface area contributed by atoms with Gasteiger partial charge in [-0.25, -0.2) is 0 Å². The summed E-state index contributed by atoms with van der Waals surface area (Å²) in [5, 5.41) is 11.2. The van der Waals surface area contributed by atoms with Crippen LogP contribution in [0.1, 0.15) is 33.7 Å². The van der Waals surface area contributed by atoms with E-state index in [-0.39, 0.29) is 17.5 Å². The first kappa shape index (κ1) is 35.0. The first-order valence-corrected chi connectivity index (χ1v) is 16.6. The highest BCUT2D eigenvalue weighted by atomic mass is 35.5. The van der Waals surface area contributed by atoms with Crippen molar-refractivity contribution in [1.82, 2.24) is 5.32 Å². The van der Waals surface area contributed by atoms with E-state index in [4.69, 9.17) is 23.2 Å². The van der Waals surface area contributed by atoms with Crippen molar-refractivity contribution in [2.45, 2.75) is 17.1 Å². The molecule has 11 heteroatoms. The van der Waals surface area contributed by atoms with Gasteiger partial charge < -0.3 is 21.3 Å². The van der Waals surface area contributed by atoms with E-state index in [1.54, 1.807) is 97.1 Å². The van der Waals surface area contributed by atoms with Crippen LogP contribution in [0.15, 0.2) is 138 Å². The predicted octanol–water partition coefficient (Wildman–Crippen LogP) is 8.83. The van der Waals surface area contributed by atoms with Crippen molar-refractivity contribution in [3.63, 3.8) is 0 Å². The van der Waals surface area contributed by atoms with Gasteiger partial charge in [-0.1, -0.05) is 77.8 Å². The molecule has 0 aliphatic carbocycles. The van der Waals surface area contributed by atoms with Crippen LogP contribution >= 0.6 is 35.0 Å². The van der Waals surface area contributed by atoms with E-state index in [1.807, 2.05) is 30.3 Å². The van der Waals surface area contributed by atoms with Gasteiger partial charge in [0.05, 0.1) is 0 Å². The average Bonchev–Trinajstić information content (AvgIpc) is 3.10. The second kappa shape index (κ2) is 16.7. The molecule has 0 saturated heterocycles. The van der Waals surface area contributed by atoms with Crippen LogP contribution in [0.5, 0.6) is 0 Å². The van der Waals surface area contributed by atoms with Crippen LogP contribution in [-0.2, 0) is 14.4 Å². The first-order chi connectivity index (χ1) is 23.7. The minimum absolute atomic E-state index is 0.0618. The Morgan fingerprint density at radius 3 is 1.76 bits per heavy atom. The molecule has 0 aliphatic heterocycles. The lowest BCUT2D eigenvalue weighted by atomic mass is 10.1. The monoisotopic (exact) mass is 708 g/mol. The molecule has 49 heavy (non-hydrogen) atoms. The highest BCUT2D eigenvalue weighted by Crippen LogP contribution is 2.37. The molecule has 8 nitrogen and oxygen atoms in total. The number of benzene rings is 5. The summed E-state index contributed by atoms with van der Waals surface area (Å²) in [5.41, 5.74) is 3.16. The lowest BCUT2D eigenvalue weighted by molar-refractivity contribution is -0.116. The predicted molar refractivity (Wildman–Crippen MR) is 198 cm³/mol. The van der Waals surface area contributed by atoms with Gasteiger partial charge >= 0.3 is 0 Å². The lowest BCUT2D eigenvalue weighted by Crippen LogP contribution is -2.30. The van der Waals surface area contributed by atoms with Gasteiger partial charge in [-0.3, -0.25) is 19.2 Å². The molecule has 1 atom stereocenters. The summed E-state index contributed by atoms with van der Waals surface area (Å²) >= 11 is 14.1. The van der Waals surface area contributed by atoms with Gasteiger partial charge in [-0.15, -0.1) is 11.8 Å². The van der Waals surface area contributed by atoms with Crippen molar-refractivity contribution in [1.29, 1.82) is 0 Å². The summed E-state index contributed by atoms with van der Waals surface area (Å²) in [6.45, 7) is 1.43. The first-order valence-electron chi connectivity index (χ1n) is 15.0. The van der Waals surface area contributed by atoms with E-state index in [0.29, 0.717) is 38.2 Å². The normalized spacial score (nSPS) is 11.6. The standard InChI is InChI=1S/C38H30Cl2N4O4S/c1-24(45)41-27-15-17-28(18-16-27)43-38(48)35(25-9-4-2-5-10-25)49-30-21-19-29(20-22-30)42-37(47)34(23-31-32(39)13-8-14-33(31)40)44-36(46)26-11-6-3-7-12-26/h2-23,35H,1H3,(H,41,45)(H,42,47)(H,43,48)(H,44,46)/b34-23-. The maximum Gasteiger partial charge on any atom is 0.272 e. The molecule has 0 bridgehead atoms. The number of hydrogen-bond acceptors (Lipinski definition) is 5. The Morgan fingerprint density at radius 1 is 0.633 bits per heavy atom. The summed E-state index contributed by atoms with van der Waals surface area (Å²) in [4.78, 5) is 52.2. The maximum absolute atomic E-state index is 13.5. The van der Waals surface area contributed by atoms with Gasteiger partial charge in [0, 0.05) is 50.1 Å². The van der Waals surface area contributed by atoms with Gasteiger partial charge in [0.15, 0.2) is 0 Å².